The summed E-state index contributed by atoms with van der Waals surface area (Å²) < 4.78 is 19.2. The van der Waals surface area contributed by atoms with Gasteiger partial charge in [0.2, 0.25) is 0 Å². The van der Waals surface area contributed by atoms with Gasteiger partial charge in [0, 0.05) is 12.0 Å². The topological polar surface area (TPSA) is 35.2 Å². The lowest BCUT2D eigenvalue weighted by molar-refractivity contribution is 0.383. The van der Waals surface area contributed by atoms with Gasteiger partial charge in [-0.1, -0.05) is 0 Å². The first-order valence-corrected chi connectivity index (χ1v) is 5.66. The number of hydrogen-bond acceptors (Lipinski definition) is 2. The highest BCUT2D eigenvalue weighted by Crippen LogP contribution is 2.49. The molecule has 2 N–H and O–H groups in total. The van der Waals surface area contributed by atoms with E-state index in [0.717, 1.165) is 18.4 Å². The molecule has 2 nitrogen and oxygen atoms in total. The van der Waals surface area contributed by atoms with Crippen LogP contribution in [0.15, 0.2) is 16.6 Å². The Balaban J connectivity index is 2.44. The molecule has 0 heterocycles. The van der Waals surface area contributed by atoms with Gasteiger partial charge in [0.1, 0.15) is 0 Å². The molecule has 82 valence electrons. The molecule has 0 radical (unpaired) electrons. The number of halogens is 2. The SMILES string of the molecule is COc1c(F)cc(C2(CN)CC2)cc1Br. The highest BCUT2D eigenvalue weighted by Gasteiger charge is 2.43. The predicted molar refractivity (Wildman–Crippen MR) is 60.6 cm³/mol. The molecule has 0 bridgehead atoms. The van der Waals surface area contributed by atoms with Crippen LogP contribution < -0.4 is 10.5 Å². The van der Waals surface area contributed by atoms with Gasteiger partial charge in [-0.25, -0.2) is 4.39 Å². The van der Waals surface area contributed by atoms with Gasteiger partial charge in [-0.15, -0.1) is 0 Å². The molecule has 0 aromatic heterocycles. The smallest absolute Gasteiger partial charge is 0.168 e. The summed E-state index contributed by atoms with van der Waals surface area (Å²) in [5, 5.41) is 0. The van der Waals surface area contributed by atoms with E-state index in [1.165, 1.54) is 13.2 Å². The summed E-state index contributed by atoms with van der Waals surface area (Å²) >= 11 is 3.30. The van der Waals surface area contributed by atoms with Crippen molar-refractivity contribution in [1.82, 2.24) is 0 Å². The predicted octanol–water partition coefficient (Wildman–Crippen LogP) is 2.59. The summed E-state index contributed by atoms with van der Waals surface area (Å²) in [5.41, 5.74) is 6.68. The molecule has 0 spiro atoms. The van der Waals surface area contributed by atoms with Crippen molar-refractivity contribution in [3.63, 3.8) is 0 Å². The molecule has 1 fully saturated rings. The first-order chi connectivity index (χ1) is 7.13. The van der Waals surface area contributed by atoms with Crippen LogP contribution in [0.5, 0.6) is 5.75 Å². The average molecular weight is 274 g/mol. The van der Waals surface area contributed by atoms with E-state index in [1.807, 2.05) is 6.07 Å². The van der Waals surface area contributed by atoms with Crippen LogP contribution in [0.25, 0.3) is 0 Å². The van der Waals surface area contributed by atoms with Crippen molar-refractivity contribution in [2.24, 2.45) is 5.73 Å². The van der Waals surface area contributed by atoms with E-state index < -0.39 is 0 Å². The molecule has 1 aliphatic carbocycles. The molecule has 2 rings (SSSR count). The molecule has 0 atom stereocenters. The minimum atomic E-state index is -0.332. The largest absolute Gasteiger partial charge is 0.492 e. The maximum Gasteiger partial charge on any atom is 0.168 e. The minimum Gasteiger partial charge on any atom is -0.492 e. The fourth-order valence-electron chi connectivity index (χ4n) is 1.82. The third-order valence-corrected chi connectivity index (χ3v) is 3.65. The molecule has 1 saturated carbocycles. The second-order valence-corrected chi connectivity index (χ2v) is 4.81. The van der Waals surface area contributed by atoms with E-state index in [4.69, 9.17) is 10.5 Å². The first-order valence-electron chi connectivity index (χ1n) is 4.86. The van der Waals surface area contributed by atoms with Crippen LogP contribution in [-0.2, 0) is 5.41 Å². The van der Waals surface area contributed by atoms with Crippen molar-refractivity contribution < 1.29 is 9.13 Å². The quantitative estimate of drug-likeness (QED) is 0.919. The number of rotatable bonds is 3. The molecule has 0 aliphatic heterocycles. The number of nitrogens with two attached hydrogens (primary N) is 1. The van der Waals surface area contributed by atoms with Crippen LogP contribution in [0, 0.1) is 5.82 Å². The van der Waals surface area contributed by atoms with Crippen LogP contribution >= 0.6 is 15.9 Å². The van der Waals surface area contributed by atoms with Crippen LogP contribution in [-0.4, -0.2) is 13.7 Å². The van der Waals surface area contributed by atoms with Gasteiger partial charge in [-0.3, -0.25) is 0 Å². The number of benzene rings is 1. The summed E-state index contributed by atoms with van der Waals surface area (Å²) in [4.78, 5) is 0. The van der Waals surface area contributed by atoms with Crippen LogP contribution in [0.1, 0.15) is 18.4 Å². The zero-order valence-electron chi connectivity index (χ0n) is 8.52. The van der Waals surface area contributed by atoms with E-state index in [-0.39, 0.29) is 17.0 Å². The Hall–Kier alpha value is -0.610. The van der Waals surface area contributed by atoms with E-state index in [2.05, 4.69) is 15.9 Å². The normalized spacial score (nSPS) is 17.6. The Morgan fingerprint density at radius 2 is 2.20 bits per heavy atom. The minimum absolute atomic E-state index is 0.00955. The van der Waals surface area contributed by atoms with E-state index >= 15 is 0 Å². The fraction of sp³-hybridized carbons (Fsp3) is 0.455. The molecule has 1 aromatic rings. The lowest BCUT2D eigenvalue weighted by Crippen LogP contribution is -2.19. The van der Waals surface area contributed by atoms with Crippen molar-refractivity contribution in [1.29, 1.82) is 0 Å². The zero-order chi connectivity index (χ0) is 11.1. The van der Waals surface area contributed by atoms with Crippen molar-refractivity contribution in [3.8, 4) is 5.75 Å². The van der Waals surface area contributed by atoms with Crippen LogP contribution in [0.4, 0.5) is 4.39 Å². The van der Waals surface area contributed by atoms with E-state index in [1.54, 1.807) is 0 Å². The molecule has 15 heavy (non-hydrogen) atoms. The lowest BCUT2D eigenvalue weighted by Gasteiger charge is -2.15. The standard InChI is InChI=1S/C11H13BrFNO/c1-15-10-8(12)4-7(5-9(10)13)11(6-14)2-3-11/h4-5H,2-3,6,14H2,1H3. The van der Waals surface area contributed by atoms with Gasteiger partial charge in [0.25, 0.3) is 0 Å². The van der Waals surface area contributed by atoms with Crippen LogP contribution in [0.2, 0.25) is 0 Å². The average Bonchev–Trinajstić information content (AvgIpc) is 2.97. The highest BCUT2D eigenvalue weighted by atomic mass is 79.9. The monoisotopic (exact) mass is 273 g/mol. The molecular weight excluding hydrogens is 261 g/mol. The molecular formula is C11H13BrFNO. The Labute approximate surface area is 96.7 Å². The summed E-state index contributed by atoms with van der Waals surface area (Å²) in [7, 11) is 1.46. The number of methoxy groups -OCH3 is 1. The lowest BCUT2D eigenvalue weighted by atomic mass is 9.96. The molecule has 1 aliphatic rings. The zero-order valence-corrected chi connectivity index (χ0v) is 10.1. The molecule has 0 saturated heterocycles. The second kappa shape index (κ2) is 3.76. The number of ether oxygens (including phenoxy) is 1. The van der Waals surface area contributed by atoms with Gasteiger partial charge >= 0.3 is 0 Å². The van der Waals surface area contributed by atoms with Gasteiger partial charge in [-0.2, -0.15) is 0 Å². The highest BCUT2D eigenvalue weighted by molar-refractivity contribution is 9.10. The van der Waals surface area contributed by atoms with Gasteiger partial charge in [0.15, 0.2) is 11.6 Å². The third-order valence-electron chi connectivity index (χ3n) is 3.06. The van der Waals surface area contributed by atoms with Crippen molar-refractivity contribution in [2.45, 2.75) is 18.3 Å². The number of hydrogen-bond donors (Lipinski definition) is 1. The Bertz CT molecular complexity index is 367. The van der Waals surface area contributed by atoms with Gasteiger partial charge < -0.3 is 10.5 Å². The summed E-state index contributed by atoms with van der Waals surface area (Å²) in [6.07, 6.45) is 2.09. The molecule has 4 heteroatoms. The van der Waals surface area contributed by atoms with Gasteiger partial charge in [0.05, 0.1) is 11.6 Å². The molecule has 0 amide bonds. The summed E-state index contributed by atoms with van der Waals surface area (Å²) in [6, 6.07) is 3.44. The third kappa shape index (κ3) is 1.76. The Morgan fingerprint density at radius 1 is 1.53 bits per heavy atom. The molecule has 1 aromatic carbocycles. The maximum absolute atomic E-state index is 13.6. The van der Waals surface area contributed by atoms with E-state index in [9.17, 15) is 4.39 Å². The maximum atomic E-state index is 13.6. The van der Waals surface area contributed by atoms with Gasteiger partial charge in [-0.05, 0) is 46.5 Å². The molecule has 0 unspecified atom stereocenters. The van der Waals surface area contributed by atoms with E-state index in [0.29, 0.717) is 11.0 Å². The summed E-state index contributed by atoms with van der Waals surface area (Å²) in [6.45, 7) is 0.575. The fourth-order valence-corrected chi connectivity index (χ4v) is 2.42. The summed E-state index contributed by atoms with van der Waals surface area (Å²) in [5.74, 6) is -0.0758. The van der Waals surface area contributed by atoms with Crippen molar-refractivity contribution in [3.05, 3.63) is 28.0 Å². The second-order valence-electron chi connectivity index (χ2n) is 3.96. The Morgan fingerprint density at radius 3 is 2.60 bits per heavy atom. The van der Waals surface area contributed by atoms with Crippen molar-refractivity contribution in [2.75, 3.05) is 13.7 Å². The first kappa shape index (κ1) is 10.9. The van der Waals surface area contributed by atoms with Crippen LogP contribution in [0.3, 0.4) is 0 Å². The Kier molecular flexibility index (Phi) is 2.73. The van der Waals surface area contributed by atoms with Crippen molar-refractivity contribution >= 4 is 15.9 Å².